The molecule has 0 saturated carbocycles. The van der Waals surface area contributed by atoms with Crippen LogP contribution in [0.3, 0.4) is 0 Å². The van der Waals surface area contributed by atoms with Crippen molar-refractivity contribution in [3.63, 3.8) is 0 Å². The number of piperazine rings is 1. The van der Waals surface area contributed by atoms with E-state index in [0.717, 1.165) is 11.0 Å². The minimum atomic E-state index is -0.969. The molecule has 1 aliphatic heterocycles. The van der Waals surface area contributed by atoms with Crippen molar-refractivity contribution in [1.29, 1.82) is 0 Å². The number of nitrogens with one attached hydrogen (secondary N) is 1. The van der Waals surface area contributed by atoms with Crippen LogP contribution < -0.4 is 10.2 Å². The average molecular weight is 303 g/mol. The van der Waals surface area contributed by atoms with Crippen LogP contribution in [0.25, 0.3) is 0 Å². The Balaban J connectivity index is 2.58. The van der Waals surface area contributed by atoms with Gasteiger partial charge in [0, 0.05) is 6.07 Å². The van der Waals surface area contributed by atoms with E-state index in [4.69, 9.17) is 11.6 Å². The molecule has 7 heteroatoms. The van der Waals surface area contributed by atoms with Gasteiger partial charge in [-0.1, -0.05) is 18.5 Å². The minimum absolute atomic E-state index is 0.240. The Bertz CT molecular complexity index is 556. The van der Waals surface area contributed by atoms with Crippen LogP contribution in [0, 0.1) is 11.6 Å². The summed E-state index contributed by atoms with van der Waals surface area (Å²) in [7, 11) is 0. The Morgan fingerprint density at radius 2 is 2.00 bits per heavy atom. The summed E-state index contributed by atoms with van der Waals surface area (Å²) >= 11 is 5.85. The SMILES string of the molecule is CCC1C(=O)NC(C)C(=O)N1c1c(F)cc(F)cc1Cl. The molecule has 108 valence electrons. The van der Waals surface area contributed by atoms with Gasteiger partial charge in [-0.25, -0.2) is 8.78 Å². The second-order valence-corrected chi connectivity index (χ2v) is 4.99. The van der Waals surface area contributed by atoms with Gasteiger partial charge in [0.2, 0.25) is 11.8 Å². The topological polar surface area (TPSA) is 49.4 Å². The number of hydrogen-bond donors (Lipinski definition) is 1. The number of amides is 2. The molecule has 1 heterocycles. The number of halogens is 3. The van der Waals surface area contributed by atoms with Crippen LogP contribution in [-0.2, 0) is 9.59 Å². The van der Waals surface area contributed by atoms with Gasteiger partial charge in [0.25, 0.3) is 0 Å². The Hall–Kier alpha value is -1.69. The molecule has 0 aliphatic carbocycles. The summed E-state index contributed by atoms with van der Waals surface area (Å²) in [5, 5.41) is 2.27. The van der Waals surface area contributed by atoms with Crippen LogP contribution in [0.4, 0.5) is 14.5 Å². The molecule has 2 amide bonds. The van der Waals surface area contributed by atoms with Gasteiger partial charge in [0.05, 0.1) is 10.7 Å². The Kier molecular flexibility index (Phi) is 3.94. The van der Waals surface area contributed by atoms with E-state index in [1.54, 1.807) is 6.92 Å². The van der Waals surface area contributed by atoms with E-state index in [0.29, 0.717) is 6.07 Å². The van der Waals surface area contributed by atoms with Crippen molar-refractivity contribution in [3.05, 3.63) is 28.8 Å². The monoisotopic (exact) mass is 302 g/mol. The lowest BCUT2D eigenvalue weighted by Gasteiger charge is -2.37. The number of carbonyl (C=O) groups is 2. The second-order valence-electron chi connectivity index (χ2n) is 4.58. The van der Waals surface area contributed by atoms with Gasteiger partial charge in [0.15, 0.2) is 5.82 Å². The molecule has 0 radical (unpaired) electrons. The molecule has 2 rings (SSSR count). The molecule has 0 bridgehead atoms. The quantitative estimate of drug-likeness (QED) is 0.911. The van der Waals surface area contributed by atoms with Gasteiger partial charge >= 0.3 is 0 Å². The van der Waals surface area contributed by atoms with Gasteiger partial charge < -0.3 is 5.32 Å². The van der Waals surface area contributed by atoms with Crippen molar-refractivity contribution >= 4 is 29.1 Å². The highest BCUT2D eigenvalue weighted by Gasteiger charge is 2.40. The summed E-state index contributed by atoms with van der Waals surface area (Å²) in [5.74, 6) is -2.68. The number of carbonyl (C=O) groups excluding carboxylic acids is 2. The number of anilines is 1. The first-order valence-electron chi connectivity index (χ1n) is 6.14. The summed E-state index contributed by atoms with van der Waals surface area (Å²) in [4.78, 5) is 25.1. The third kappa shape index (κ3) is 2.35. The highest BCUT2D eigenvalue weighted by molar-refractivity contribution is 6.34. The smallest absolute Gasteiger partial charge is 0.250 e. The molecule has 1 aromatic rings. The lowest BCUT2D eigenvalue weighted by molar-refractivity contribution is -0.133. The molecule has 1 saturated heterocycles. The first kappa shape index (κ1) is 14.7. The predicted molar refractivity (Wildman–Crippen MR) is 70.5 cm³/mol. The molecule has 2 unspecified atom stereocenters. The van der Waals surface area contributed by atoms with Crippen molar-refractivity contribution in [3.8, 4) is 0 Å². The summed E-state index contributed by atoms with van der Waals surface area (Å²) in [6, 6.07) is -0.0998. The lowest BCUT2D eigenvalue weighted by atomic mass is 10.0. The van der Waals surface area contributed by atoms with E-state index in [1.807, 2.05) is 0 Å². The third-order valence-corrected chi connectivity index (χ3v) is 3.48. The molecule has 0 aromatic heterocycles. The fourth-order valence-corrected chi connectivity index (χ4v) is 2.54. The Labute approximate surface area is 119 Å². The standard InChI is InChI=1S/C13H13ClF2N2O2/c1-3-10-12(19)17-6(2)13(20)18(10)11-8(14)4-7(15)5-9(11)16/h4-6,10H,3H2,1-2H3,(H,17,19). The van der Waals surface area contributed by atoms with Gasteiger partial charge in [-0.15, -0.1) is 0 Å². The van der Waals surface area contributed by atoms with E-state index in [9.17, 15) is 18.4 Å². The molecule has 1 fully saturated rings. The lowest BCUT2D eigenvalue weighted by Crippen LogP contribution is -2.62. The maximum absolute atomic E-state index is 14.0. The number of hydrogen-bond acceptors (Lipinski definition) is 2. The number of benzene rings is 1. The predicted octanol–water partition coefficient (Wildman–Crippen LogP) is 2.25. The molecular formula is C13H13ClF2N2O2. The van der Waals surface area contributed by atoms with Crippen LogP contribution in [0.2, 0.25) is 5.02 Å². The van der Waals surface area contributed by atoms with Crippen LogP contribution in [0.5, 0.6) is 0 Å². The Morgan fingerprint density at radius 1 is 1.35 bits per heavy atom. The van der Waals surface area contributed by atoms with E-state index >= 15 is 0 Å². The highest BCUT2D eigenvalue weighted by Crippen LogP contribution is 2.33. The molecule has 4 nitrogen and oxygen atoms in total. The third-order valence-electron chi connectivity index (χ3n) is 3.19. The highest BCUT2D eigenvalue weighted by atomic mass is 35.5. The van der Waals surface area contributed by atoms with E-state index in [1.165, 1.54) is 6.92 Å². The zero-order chi connectivity index (χ0) is 15.0. The van der Waals surface area contributed by atoms with E-state index in [2.05, 4.69) is 5.32 Å². The van der Waals surface area contributed by atoms with Gasteiger partial charge in [-0.2, -0.15) is 0 Å². The van der Waals surface area contributed by atoms with E-state index < -0.39 is 29.6 Å². The van der Waals surface area contributed by atoms with E-state index in [-0.39, 0.29) is 23.0 Å². The normalized spacial score (nSPS) is 22.9. The summed E-state index contributed by atoms with van der Waals surface area (Å²) < 4.78 is 27.1. The molecule has 1 N–H and O–H groups in total. The van der Waals surface area contributed by atoms with Crippen molar-refractivity contribution < 1.29 is 18.4 Å². The number of nitrogens with zero attached hydrogens (tertiary/aromatic N) is 1. The van der Waals surface area contributed by atoms with Gasteiger partial charge in [0.1, 0.15) is 17.9 Å². The summed E-state index contributed by atoms with van der Waals surface area (Å²) in [6.45, 7) is 3.18. The van der Waals surface area contributed by atoms with Crippen molar-refractivity contribution in [2.45, 2.75) is 32.4 Å². The molecule has 1 aliphatic rings. The first-order valence-corrected chi connectivity index (χ1v) is 6.52. The summed E-state index contributed by atoms with van der Waals surface area (Å²) in [5.41, 5.74) is -0.258. The molecule has 1 aromatic carbocycles. The Morgan fingerprint density at radius 3 is 2.55 bits per heavy atom. The zero-order valence-electron chi connectivity index (χ0n) is 10.9. The van der Waals surface area contributed by atoms with Gasteiger partial charge in [-0.05, 0) is 19.4 Å². The fourth-order valence-electron chi connectivity index (χ4n) is 2.25. The second kappa shape index (κ2) is 5.36. The average Bonchev–Trinajstić information content (AvgIpc) is 2.34. The summed E-state index contributed by atoms with van der Waals surface area (Å²) in [6.07, 6.45) is 0.289. The fraction of sp³-hybridized carbons (Fsp3) is 0.385. The molecule has 0 spiro atoms. The van der Waals surface area contributed by atoms with Crippen molar-refractivity contribution in [2.24, 2.45) is 0 Å². The maximum atomic E-state index is 14.0. The van der Waals surface area contributed by atoms with Crippen LogP contribution in [0.1, 0.15) is 20.3 Å². The van der Waals surface area contributed by atoms with Crippen molar-refractivity contribution in [2.75, 3.05) is 4.90 Å². The first-order chi connectivity index (χ1) is 9.36. The zero-order valence-corrected chi connectivity index (χ0v) is 11.7. The molecular weight excluding hydrogens is 290 g/mol. The minimum Gasteiger partial charge on any atom is -0.343 e. The molecule has 2 atom stereocenters. The molecule has 20 heavy (non-hydrogen) atoms. The largest absolute Gasteiger partial charge is 0.343 e. The maximum Gasteiger partial charge on any atom is 0.250 e. The van der Waals surface area contributed by atoms with Gasteiger partial charge in [-0.3, -0.25) is 14.5 Å². The number of rotatable bonds is 2. The van der Waals surface area contributed by atoms with Crippen LogP contribution in [0.15, 0.2) is 12.1 Å². The van der Waals surface area contributed by atoms with Crippen LogP contribution >= 0.6 is 11.6 Å². The van der Waals surface area contributed by atoms with Crippen LogP contribution in [-0.4, -0.2) is 23.9 Å². The van der Waals surface area contributed by atoms with Crippen molar-refractivity contribution in [1.82, 2.24) is 5.32 Å².